The van der Waals surface area contributed by atoms with Crippen LogP contribution in [0.5, 0.6) is 17.2 Å². The van der Waals surface area contributed by atoms with Crippen LogP contribution in [-0.2, 0) is 11.2 Å². The molecule has 6 nitrogen and oxygen atoms in total. The minimum atomic E-state index is 0.138. The Hall–Kier alpha value is -2.73. The molecule has 0 saturated carbocycles. The zero-order chi connectivity index (χ0) is 20.8. The quantitative estimate of drug-likeness (QED) is 0.740. The van der Waals surface area contributed by atoms with Gasteiger partial charge in [-0.25, -0.2) is 0 Å². The van der Waals surface area contributed by atoms with Crippen molar-refractivity contribution in [2.24, 2.45) is 11.7 Å². The summed E-state index contributed by atoms with van der Waals surface area (Å²) < 4.78 is 16.3. The fraction of sp³-hybridized carbons (Fsp3) is 0.435. The monoisotopic (exact) mass is 398 g/mol. The lowest BCUT2D eigenvalue weighted by Crippen LogP contribution is -2.30. The molecule has 1 saturated heterocycles. The van der Waals surface area contributed by atoms with E-state index in [1.807, 2.05) is 35.2 Å². The molecular formula is C23H30N2O4. The summed E-state index contributed by atoms with van der Waals surface area (Å²) in [5.74, 6) is 2.49. The summed E-state index contributed by atoms with van der Waals surface area (Å²) in [6.45, 7) is 2.00. The van der Waals surface area contributed by atoms with Crippen LogP contribution >= 0.6 is 0 Å². The molecule has 2 atom stereocenters. The third-order valence-electron chi connectivity index (χ3n) is 5.72. The van der Waals surface area contributed by atoms with Crippen molar-refractivity contribution >= 4 is 5.91 Å². The van der Waals surface area contributed by atoms with Crippen molar-refractivity contribution in [3.63, 3.8) is 0 Å². The fourth-order valence-electron chi connectivity index (χ4n) is 4.15. The molecule has 1 heterocycles. The second-order valence-electron chi connectivity index (χ2n) is 7.31. The van der Waals surface area contributed by atoms with Crippen molar-refractivity contribution in [1.82, 2.24) is 4.90 Å². The lowest BCUT2D eigenvalue weighted by Gasteiger charge is -2.18. The lowest BCUT2D eigenvalue weighted by molar-refractivity contribution is -0.130. The molecule has 2 aromatic carbocycles. The number of benzene rings is 2. The van der Waals surface area contributed by atoms with Crippen molar-refractivity contribution in [2.75, 3.05) is 41.0 Å². The average molecular weight is 399 g/mol. The van der Waals surface area contributed by atoms with Crippen LogP contribution in [0.25, 0.3) is 0 Å². The third kappa shape index (κ3) is 4.48. The summed E-state index contributed by atoms with van der Waals surface area (Å²) in [6.07, 6.45) is 0.979. The molecule has 156 valence electrons. The number of nitrogens with two attached hydrogens (primary N) is 1. The Labute approximate surface area is 172 Å². The molecule has 2 N–H and O–H groups in total. The number of likely N-dealkylation sites (tertiary alicyclic amines) is 1. The minimum absolute atomic E-state index is 0.138. The second-order valence-corrected chi connectivity index (χ2v) is 7.31. The summed E-state index contributed by atoms with van der Waals surface area (Å²) in [4.78, 5) is 14.9. The largest absolute Gasteiger partial charge is 0.493 e. The van der Waals surface area contributed by atoms with Gasteiger partial charge in [-0.3, -0.25) is 4.79 Å². The summed E-state index contributed by atoms with van der Waals surface area (Å²) in [5, 5.41) is 0. The number of nitrogens with zero attached hydrogens (tertiary/aromatic N) is 1. The van der Waals surface area contributed by atoms with E-state index in [2.05, 4.69) is 12.1 Å². The Morgan fingerprint density at radius 3 is 2.34 bits per heavy atom. The van der Waals surface area contributed by atoms with E-state index in [-0.39, 0.29) is 11.8 Å². The van der Waals surface area contributed by atoms with E-state index in [0.29, 0.717) is 55.6 Å². The number of carbonyl (C=O) groups is 1. The molecule has 6 heteroatoms. The van der Waals surface area contributed by atoms with E-state index in [1.54, 1.807) is 21.3 Å². The first-order valence-electron chi connectivity index (χ1n) is 9.93. The van der Waals surface area contributed by atoms with Crippen LogP contribution in [0.3, 0.4) is 0 Å². The maximum absolute atomic E-state index is 12.9. The predicted molar refractivity (Wildman–Crippen MR) is 113 cm³/mol. The van der Waals surface area contributed by atoms with Gasteiger partial charge in [0, 0.05) is 25.4 Å². The van der Waals surface area contributed by atoms with Crippen LogP contribution in [0.1, 0.15) is 23.5 Å². The van der Waals surface area contributed by atoms with E-state index >= 15 is 0 Å². The molecule has 3 rings (SSSR count). The molecule has 1 aliphatic rings. The minimum Gasteiger partial charge on any atom is -0.493 e. The highest BCUT2D eigenvalue weighted by Gasteiger charge is 2.35. The molecule has 0 aliphatic carbocycles. The predicted octanol–water partition coefficient (Wildman–Crippen LogP) is 2.85. The van der Waals surface area contributed by atoms with Crippen molar-refractivity contribution < 1.29 is 19.0 Å². The first kappa shape index (κ1) is 21.0. The molecular weight excluding hydrogens is 368 g/mol. The standard InChI is InChI=1S/C23H30N2O4/c1-27-20-11-9-17(22(28-2)23(20)29-3)10-12-21(26)25-14-18(13-24)19(15-25)16-7-5-4-6-8-16/h4-9,11,18-19H,10,12-15,24H2,1-3H3/t18-,19+/m1/s1. The Kier molecular flexibility index (Phi) is 6.99. The van der Waals surface area contributed by atoms with Crippen LogP contribution in [0.15, 0.2) is 42.5 Å². The van der Waals surface area contributed by atoms with Gasteiger partial charge in [0.05, 0.1) is 21.3 Å². The van der Waals surface area contributed by atoms with E-state index in [1.165, 1.54) is 5.56 Å². The topological polar surface area (TPSA) is 74.0 Å². The van der Waals surface area contributed by atoms with Crippen LogP contribution in [-0.4, -0.2) is 51.8 Å². The number of methoxy groups -OCH3 is 3. The maximum atomic E-state index is 12.9. The summed E-state index contributed by atoms with van der Waals surface area (Å²) in [7, 11) is 4.76. The molecule has 29 heavy (non-hydrogen) atoms. The molecule has 0 aromatic heterocycles. The zero-order valence-electron chi connectivity index (χ0n) is 17.4. The van der Waals surface area contributed by atoms with Gasteiger partial charge in [-0.1, -0.05) is 36.4 Å². The van der Waals surface area contributed by atoms with Crippen molar-refractivity contribution in [2.45, 2.75) is 18.8 Å². The Balaban J connectivity index is 1.68. The smallest absolute Gasteiger partial charge is 0.222 e. The SMILES string of the molecule is COc1ccc(CCC(=O)N2C[C@@H](CN)[C@H](c3ccccc3)C2)c(OC)c1OC. The molecule has 2 aromatic rings. The summed E-state index contributed by atoms with van der Waals surface area (Å²) in [6, 6.07) is 14.1. The van der Waals surface area contributed by atoms with Crippen molar-refractivity contribution in [3.05, 3.63) is 53.6 Å². The Bertz CT molecular complexity index is 825. The van der Waals surface area contributed by atoms with E-state index in [9.17, 15) is 4.79 Å². The van der Waals surface area contributed by atoms with Gasteiger partial charge < -0.3 is 24.8 Å². The van der Waals surface area contributed by atoms with Gasteiger partial charge in [0.25, 0.3) is 0 Å². The van der Waals surface area contributed by atoms with E-state index in [0.717, 1.165) is 5.56 Å². The molecule has 1 amide bonds. The van der Waals surface area contributed by atoms with Gasteiger partial charge in [0.1, 0.15) is 0 Å². The van der Waals surface area contributed by atoms with Gasteiger partial charge >= 0.3 is 0 Å². The van der Waals surface area contributed by atoms with Gasteiger partial charge in [-0.05, 0) is 36.1 Å². The Morgan fingerprint density at radius 1 is 1.00 bits per heavy atom. The lowest BCUT2D eigenvalue weighted by atomic mass is 9.89. The second kappa shape index (κ2) is 9.65. The zero-order valence-corrected chi connectivity index (χ0v) is 17.4. The normalized spacial score (nSPS) is 18.6. The summed E-state index contributed by atoms with van der Waals surface area (Å²) in [5.41, 5.74) is 8.18. The molecule has 0 unspecified atom stereocenters. The van der Waals surface area contributed by atoms with E-state index < -0.39 is 0 Å². The Morgan fingerprint density at radius 2 is 1.72 bits per heavy atom. The molecule has 1 fully saturated rings. The van der Waals surface area contributed by atoms with Crippen LogP contribution < -0.4 is 19.9 Å². The van der Waals surface area contributed by atoms with Crippen molar-refractivity contribution in [1.29, 1.82) is 0 Å². The van der Waals surface area contributed by atoms with Gasteiger partial charge in [-0.15, -0.1) is 0 Å². The van der Waals surface area contributed by atoms with E-state index in [4.69, 9.17) is 19.9 Å². The van der Waals surface area contributed by atoms with Crippen molar-refractivity contribution in [3.8, 4) is 17.2 Å². The van der Waals surface area contributed by atoms with Gasteiger partial charge in [-0.2, -0.15) is 0 Å². The highest BCUT2D eigenvalue weighted by atomic mass is 16.5. The number of ether oxygens (including phenoxy) is 3. The number of rotatable bonds is 8. The highest BCUT2D eigenvalue weighted by Crippen LogP contribution is 2.40. The van der Waals surface area contributed by atoms with Crippen LogP contribution in [0.2, 0.25) is 0 Å². The highest BCUT2D eigenvalue weighted by molar-refractivity contribution is 5.77. The first-order chi connectivity index (χ1) is 14.1. The fourth-order valence-corrected chi connectivity index (χ4v) is 4.15. The van der Waals surface area contributed by atoms with Gasteiger partial charge in [0.2, 0.25) is 11.7 Å². The van der Waals surface area contributed by atoms with Crippen LogP contribution in [0.4, 0.5) is 0 Å². The number of aryl methyl sites for hydroxylation is 1. The molecule has 0 bridgehead atoms. The summed E-state index contributed by atoms with van der Waals surface area (Å²) >= 11 is 0. The first-order valence-corrected chi connectivity index (χ1v) is 9.93. The molecule has 0 spiro atoms. The number of hydrogen-bond donors (Lipinski definition) is 1. The molecule has 0 radical (unpaired) electrons. The maximum Gasteiger partial charge on any atom is 0.222 e. The average Bonchev–Trinajstić information content (AvgIpc) is 3.21. The van der Waals surface area contributed by atoms with Gasteiger partial charge in [0.15, 0.2) is 11.5 Å². The number of carbonyl (C=O) groups excluding carboxylic acids is 1. The molecule has 1 aliphatic heterocycles. The number of amides is 1. The third-order valence-corrected chi connectivity index (χ3v) is 5.72. The number of hydrogen-bond acceptors (Lipinski definition) is 5. The van der Waals surface area contributed by atoms with Crippen LogP contribution in [0, 0.1) is 5.92 Å².